The van der Waals surface area contributed by atoms with E-state index in [1.165, 1.54) is 11.0 Å². The molecule has 0 saturated carbocycles. The molecule has 0 aliphatic rings. The quantitative estimate of drug-likeness (QED) is 0.356. The smallest absolute Gasteiger partial charge is 0.243 e. The zero-order valence-corrected chi connectivity index (χ0v) is 21.3. The van der Waals surface area contributed by atoms with Crippen LogP contribution in [0.5, 0.6) is 0 Å². The zero-order valence-electron chi connectivity index (χ0n) is 19.8. The highest BCUT2D eigenvalue weighted by Crippen LogP contribution is 2.24. The Labute approximate surface area is 216 Å². The highest BCUT2D eigenvalue weighted by Gasteiger charge is 2.31. The van der Waals surface area contributed by atoms with Gasteiger partial charge < -0.3 is 10.2 Å². The maximum atomic E-state index is 14.6. The molecule has 3 aromatic carbocycles. The van der Waals surface area contributed by atoms with Crippen LogP contribution in [0.15, 0.2) is 72.8 Å². The molecule has 0 heterocycles. The molecule has 4 nitrogen and oxygen atoms in total. The van der Waals surface area contributed by atoms with Crippen LogP contribution in [0.1, 0.15) is 30.5 Å². The molecule has 3 rings (SSSR count). The lowest BCUT2D eigenvalue weighted by Gasteiger charge is -2.32. The SMILES string of the molecule is CC(C)CNC(=O)[C@H](Cc1ccccc1)N(Cc1ccccc1F)C(=O)Cc1ccc(Cl)c(Cl)c1. The van der Waals surface area contributed by atoms with Crippen LogP contribution in [0.2, 0.25) is 10.0 Å². The van der Waals surface area contributed by atoms with Crippen LogP contribution in [-0.2, 0) is 29.0 Å². The fraction of sp³-hybridized carbons (Fsp3) is 0.286. The molecule has 2 amide bonds. The largest absolute Gasteiger partial charge is 0.354 e. The predicted molar refractivity (Wildman–Crippen MR) is 139 cm³/mol. The second kappa shape index (κ2) is 12.7. The molecule has 0 bridgehead atoms. The minimum atomic E-state index is -0.828. The van der Waals surface area contributed by atoms with E-state index in [0.29, 0.717) is 34.1 Å². The molecule has 0 aromatic heterocycles. The van der Waals surface area contributed by atoms with Crippen molar-refractivity contribution in [2.24, 2.45) is 5.92 Å². The second-order valence-corrected chi connectivity index (χ2v) is 9.70. The van der Waals surface area contributed by atoms with Gasteiger partial charge in [0.1, 0.15) is 11.9 Å². The molecule has 0 fully saturated rings. The number of benzene rings is 3. The van der Waals surface area contributed by atoms with Crippen molar-refractivity contribution in [1.82, 2.24) is 10.2 Å². The first-order valence-corrected chi connectivity index (χ1v) is 12.3. The Kier molecular flexibility index (Phi) is 9.70. The normalized spacial score (nSPS) is 11.8. The Morgan fingerprint density at radius 3 is 2.26 bits per heavy atom. The van der Waals surface area contributed by atoms with E-state index in [1.54, 1.807) is 36.4 Å². The zero-order chi connectivity index (χ0) is 25.4. The molecule has 0 spiro atoms. The van der Waals surface area contributed by atoms with E-state index in [2.05, 4.69) is 5.32 Å². The van der Waals surface area contributed by atoms with E-state index >= 15 is 0 Å². The number of nitrogens with one attached hydrogen (secondary N) is 1. The monoisotopic (exact) mass is 514 g/mol. The van der Waals surface area contributed by atoms with Gasteiger partial charge in [0.05, 0.1) is 16.5 Å². The van der Waals surface area contributed by atoms with Crippen molar-refractivity contribution < 1.29 is 14.0 Å². The lowest BCUT2D eigenvalue weighted by Crippen LogP contribution is -2.51. The highest BCUT2D eigenvalue weighted by atomic mass is 35.5. The molecule has 0 aliphatic carbocycles. The Morgan fingerprint density at radius 2 is 1.60 bits per heavy atom. The van der Waals surface area contributed by atoms with Crippen molar-refractivity contribution >= 4 is 35.0 Å². The number of amides is 2. The second-order valence-electron chi connectivity index (χ2n) is 8.88. The van der Waals surface area contributed by atoms with Gasteiger partial charge >= 0.3 is 0 Å². The van der Waals surface area contributed by atoms with E-state index in [1.807, 2.05) is 44.2 Å². The van der Waals surface area contributed by atoms with Crippen LogP contribution in [0.25, 0.3) is 0 Å². The maximum Gasteiger partial charge on any atom is 0.243 e. The van der Waals surface area contributed by atoms with Gasteiger partial charge in [-0.3, -0.25) is 9.59 Å². The van der Waals surface area contributed by atoms with Crippen molar-refractivity contribution in [3.05, 3.63) is 105 Å². The standard InChI is InChI=1S/C28H29Cl2FN2O2/c1-19(2)17-32-28(35)26(15-20-8-4-3-5-9-20)33(18-22-10-6-7-11-25(22)31)27(34)16-21-12-13-23(29)24(30)14-21/h3-14,19,26H,15-18H2,1-2H3,(H,32,35)/t26-/m0/s1. The third-order valence-electron chi connectivity index (χ3n) is 5.59. The molecule has 184 valence electrons. The average molecular weight is 515 g/mol. The van der Waals surface area contributed by atoms with Gasteiger partial charge in [0.15, 0.2) is 0 Å². The minimum Gasteiger partial charge on any atom is -0.354 e. The van der Waals surface area contributed by atoms with Gasteiger partial charge in [-0.15, -0.1) is 0 Å². The number of hydrogen-bond acceptors (Lipinski definition) is 2. The fourth-order valence-electron chi connectivity index (χ4n) is 3.71. The molecule has 7 heteroatoms. The molecule has 0 radical (unpaired) electrons. The first kappa shape index (κ1) is 26.7. The van der Waals surface area contributed by atoms with Gasteiger partial charge in [-0.05, 0) is 35.2 Å². The van der Waals surface area contributed by atoms with Crippen molar-refractivity contribution in [2.75, 3.05) is 6.54 Å². The van der Waals surface area contributed by atoms with Gasteiger partial charge in [0.25, 0.3) is 0 Å². The molecule has 1 N–H and O–H groups in total. The molecule has 35 heavy (non-hydrogen) atoms. The highest BCUT2D eigenvalue weighted by molar-refractivity contribution is 6.42. The molecular weight excluding hydrogens is 486 g/mol. The Hall–Kier alpha value is -2.89. The number of carbonyl (C=O) groups is 2. The summed E-state index contributed by atoms with van der Waals surface area (Å²) >= 11 is 12.2. The summed E-state index contributed by atoms with van der Waals surface area (Å²) in [6.07, 6.45) is 0.292. The minimum absolute atomic E-state index is 0.00586. The lowest BCUT2D eigenvalue weighted by atomic mass is 10.0. The van der Waals surface area contributed by atoms with Gasteiger partial charge in [-0.1, -0.05) is 91.6 Å². The Bertz CT molecular complexity index is 1150. The summed E-state index contributed by atoms with van der Waals surface area (Å²) in [6.45, 7) is 4.43. The third kappa shape index (κ3) is 7.81. The molecule has 3 aromatic rings. The van der Waals surface area contributed by atoms with E-state index in [4.69, 9.17) is 23.2 Å². The van der Waals surface area contributed by atoms with E-state index in [9.17, 15) is 14.0 Å². The van der Waals surface area contributed by atoms with Crippen LogP contribution in [0.3, 0.4) is 0 Å². The van der Waals surface area contributed by atoms with Crippen molar-refractivity contribution in [3.8, 4) is 0 Å². The Balaban J connectivity index is 1.98. The summed E-state index contributed by atoms with van der Waals surface area (Å²) in [6, 6.07) is 19.9. The van der Waals surface area contributed by atoms with Crippen molar-refractivity contribution in [1.29, 1.82) is 0 Å². The van der Waals surface area contributed by atoms with Gasteiger partial charge in [0, 0.05) is 25.1 Å². The Morgan fingerprint density at radius 1 is 0.914 bits per heavy atom. The van der Waals surface area contributed by atoms with Crippen LogP contribution in [0.4, 0.5) is 4.39 Å². The fourth-order valence-corrected chi connectivity index (χ4v) is 4.03. The molecule has 0 saturated heterocycles. The summed E-state index contributed by atoms with van der Waals surface area (Å²) in [7, 11) is 0. The van der Waals surface area contributed by atoms with Crippen LogP contribution in [-0.4, -0.2) is 29.3 Å². The number of hydrogen-bond donors (Lipinski definition) is 1. The topological polar surface area (TPSA) is 49.4 Å². The van der Waals surface area contributed by atoms with Gasteiger partial charge in [0.2, 0.25) is 11.8 Å². The van der Waals surface area contributed by atoms with E-state index in [0.717, 1.165) is 5.56 Å². The van der Waals surface area contributed by atoms with Crippen molar-refractivity contribution in [2.45, 2.75) is 39.3 Å². The van der Waals surface area contributed by atoms with Gasteiger partial charge in [-0.25, -0.2) is 4.39 Å². The van der Waals surface area contributed by atoms with E-state index in [-0.39, 0.29) is 30.7 Å². The first-order chi connectivity index (χ1) is 16.7. The first-order valence-electron chi connectivity index (χ1n) is 11.5. The average Bonchev–Trinajstić information content (AvgIpc) is 2.83. The maximum absolute atomic E-state index is 14.6. The molecule has 0 aliphatic heterocycles. The summed E-state index contributed by atoms with van der Waals surface area (Å²) < 4.78 is 14.6. The summed E-state index contributed by atoms with van der Waals surface area (Å²) in [5.41, 5.74) is 1.90. The summed E-state index contributed by atoms with van der Waals surface area (Å²) in [5, 5.41) is 3.68. The number of nitrogens with zero attached hydrogens (tertiary/aromatic N) is 1. The lowest BCUT2D eigenvalue weighted by molar-refractivity contribution is -0.140. The number of carbonyl (C=O) groups excluding carboxylic acids is 2. The predicted octanol–water partition coefficient (Wildman–Crippen LogP) is 6.09. The van der Waals surface area contributed by atoms with E-state index < -0.39 is 11.9 Å². The molecule has 0 unspecified atom stereocenters. The molecule has 1 atom stereocenters. The number of halogens is 3. The summed E-state index contributed by atoms with van der Waals surface area (Å²) in [5.74, 6) is -0.780. The summed E-state index contributed by atoms with van der Waals surface area (Å²) in [4.78, 5) is 28.5. The third-order valence-corrected chi connectivity index (χ3v) is 6.33. The van der Waals surface area contributed by atoms with Crippen LogP contribution < -0.4 is 5.32 Å². The molecular formula is C28H29Cl2FN2O2. The van der Waals surface area contributed by atoms with Gasteiger partial charge in [-0.2, -0.15) is 0 Å². The number of rotatable bonds is 10. The van der Waals surface area contributed by atoms with Crippen molar-refractivity contribution in [3.63, 3.8) is 0 Å². The van der Waals surface area contributed by atoms with Crippen LogP contribution >= 0.6 is 23.2 Å². The van der Waals surface area contributed by atoms with Crippen LogP contribution in [0, 0.1) is 11.7 Å².